The Hall–Kier alpha value is -3.64. The molecule has 0 spiro atoms. The second-order valence-electron chi connectivity index (χ2n) is 8.38. The zero-order valence-electron chi connectivity index (χ0n) is 20.8. The maximum absolute atomic E-state index is 12.6. The molecule has 6 nitrogen and oxygen atoms in total. The summed E-state index contributed by atoms with van der Waals surface area (Å²) in [6.45, 7) is 7.47. The van der Waals surface area contributed by atoms with Gasteiger partial charge in [0.1, 0.15) is 5.75 Å². The average molecular weight is 474 g/mol. The molecule has 184 valence electrons. The van der Waals surface area contributed by atoms with Crippen LogP contribution in [0.5, 0.6) is 5.75 Å². The number of unbranched alkanes of at least 4 members (excludes halogenated alkanes) is 1. The van der Waals surface area contributed by atoms with Crippen LogP contribution >= 0.6 is 0 Å². The Labute approximate surface area is 208 Å². The first kappa shape index (κ1) is 26.0. The average Bonchev–Trinajstić information content (AvgIpc) is 2.90. The number of Topliss-reactive ketones (excluding diaryl/α,β-unsaturated/α-hetero) is 1. The summed E-state index contributed by atoms with van der Waals surface area (Å²) in [6.07, 6.45) is 2.49. The summed E-state index contributed by atoms with van der Waals surface area (Å²) in [5.41, 5.74) is 3.67. The van der Waals surface area contributed by atoms with Crippen LogP contribution in [0, 0.1) is 0 Å². The lowest BCUT2D eigenvalue weighted by Crippen LogP contribution is -2.24. The van der Waals surface area contributed by atoms with E-state index in [1.54, 1.807) is 31.4 Å². The number of rotatable bonds is 13. The van der Waals surface area contributed by atoms with Crippen LogP contribution in [0.3, 0.4) is 0 Å². The van der Waals surface area contributed by atoms with Crippen molar-refractivity contribution in [3.8, 4) is 5.75 Å². The van der Waals surface area contributed by atoms with Crippen molar-refractivity contribution >= 4 is 28.8 Å². The van der Waals surface area contributed by atoms with Crippen LogP contribution in [0.2, 0.25) is 0 Å². The lowest BCUT2D eigenvalue weighted by atomic mass is 10.0. The number of ether oxygens (including phenoxy) is 1. The fourth-order valence-electron chi connectivity index (χ4n) is 3.85. The summed E-state index contributed by atoms with van der Waals surface area (Å²) in [5, 5.41) is 6.23. The molecule has 0 radical (unpaired) electrons. The number of benzene rings is 3. The third-order valence-corrected chi connectivity index (χ3v) is 5.97. The fraction of sp³-hybridized carbons (Fsp3) is 0.310. The molecule has 0 fully saturated rings. The number of hydrogen-bond acceptors (Lipinski definition) is 5. The largest absolute Gasteiger partial charge is 0.497 e. The van der Waals surface area contributed by atoms with Crippen LogP contribution < -0.4 is 15.4 Å². The zero-order valence-corrected chi connectivity index (χ0v) is 20.8. The Balaban J connectivity index is 1.53. The second-order valence-corrected chi connectivity index (χ2v) is 8.38. The fourth-order valence-corrected chi connectivity index (χ4v) is 3.85. The number of nitrogens with one attached hydrogen (secondary N) is 2. The molecule has 1 amide bonds. The first-order valence-corrected chi connectivity index (χ1v) is 12.2. The molecule has 0 atom stereocenters. The maximum Gasteiger partial charge on any atom is 0.255 e. The Morgan fingerprint density at radius 2 is 1.49 bits per heavy atom. The van der Waals surface area contributed by atoms with Crippen molar-refractivity contribution in [2.45, 2.75) is 33.1 Å². The Morgan fingerprint density at radius 1 is 0.800 bits per heavy atom. The molecule has 2 N–H and O–H groups in total. The van der Waals surface area contributed by atoms with Crippen LogP contribution in [0.4, 0.5) is 17.1 Å². The van der Waals surface area contributed by atoms with E-state index in [2.05, 4.69) is 29.4 Å². The molecule has 0 unspecified atom stereocenters. The molecule has 0 bridgehead atoms. The van der Waals surface area contributed by atoms with Crippen molar-refractivity contribution in [3.63, 3.8) is 0 Å². The van der Waals surface area contributed by atoms with Gasteiger partial charge < -0.3 is 20.3 Å². The van der Waals surface area contributed by atoms with Gasteiger partial charge in [-0.25, -0.2) is 0 Å². The summed E-state index contributed by atoms with van der Waals surface area (Å²) in [5.74, 6) is 0.606. The number of anilines is 3. The van der Waals surface area contributed by atoms with Gasteiger partial charge in [0.05, 0.1) is 7.11 Å². The lowest BCUT2D eigenvalue weighted by molar-refractivity contribution is 0.0976. The molecule has 3 aromatic carbocycles. The molecule has 0 aromatic heterocycles. The topological polar surface area (TPSA) is 70.7 Å². The number of amides is 1. The monoisotopic (exact) mass is 473 g/mol. The third-order valence-electron chi connectivity index (χ3n) is 5.97. The van der Waals surface area contributed by atoms with Gasteiger partial charge >= 0.3 is 0 Å². The van der Waals surface area contributed by atoms with Crippen molar-refractivity contribution in [2.75, 3.05) is 37.4 Å². The molecule has 3 aromatic rings. The lowest BCUT2D eigenvalue weighted by Gasteiger charge is -2.17. The minimum atomic E-state index is -0.201. The van der Waals surface area contributed by atoms with E-state index in [4.69, 9.17) is 4.74 Å². The molecule has 0 heterocycles. The van der Waals surface area contributed by atoms with E-state index in [0.717, 1.165) is 49.4 Å². The molecule has 0 aliphatic carbocycles. The van der Waals surface area contributed by atoms with Crippen LogP contribution in [0.15, 0.2) is 72.8 Å². The van der Waals surface area contributed by atoms with E-state index in [9.17, 15) is 9.59 Å². The molecule has 35 heavy (non-hydrogen) atoms. The molecule has 0 saturated carbocycles. The number of ketones is 1. The summed E-state index contributed by atoms with van der Waals surface area (Å²) in [7, 11) is 1.57. The van der Waals surface area contributed by atoms with Gasteiger partial charge in [-0.05, 0) is 87.1 Å². The van der Waals surface area contributed by atoms with Crippen LogP contribution in [-0.2, 0) is 0 Å². The Morgan fingerprint density at radius 3 is 2.20 bits per heavy atom. The first-order chi connectivity index (χ1) is 17.0. The van der Waals surface area contributed by atoms with Gasteiger partial charge in [0.25, 0.3) is 5.91 Å². The molecular formula is C29H35N3O3. The van der Waals surface area contributed by atoms with Crippen molar-refractivity contribution in [1.82, 2.24) is 4.90 Å². The molecule has 6 heteroatoms. The SMILES string of the molecule is CCN(CC)CCCCC(=O)c1cccc(Nc2ccc(NC(=O)c3cccc(OC)c3)cc2)c1. The van der Waals surface area contributed by atoms with Gasteiger partial charge in [-0.3, -0.25) is 9.59 Å². The van der Waals surface area contributed by atoms with E-state index in [-0.39, 0.29) is 11.7 Å². The standard InChI is InChI=1S/C29H35N3O3/c1-4-32(5-2)19-7-6-14-28(33)22-10-8-12-26(20-22)30-24-15-17-25(18-16-24)31-29(34)23-11-9-13-27(21-23)35-3/h8-13,15-18,20-21,30H,4-7,14,19H2,1-3H3,(H,31,34). The molecule has 0 saturated heterocycles. The summed E-state index contributed by atoms with van der Waals surface area (Å²) >= 11 is 0. The highest BCUT2D eigenvalue weighted by Gasteiger charge is 2.09. The summed E-state index contributed by atoms with van der Waals surface area (Å²) in [4.78, 5) is 27.5. The number of hydrogen-bond donors (Lipinski definition) is 2. The number of carbonyl (C=O) groups is 2. The predicted octanol–water partition coefficient (Wildman–Crippen LogP) is 6.39. The zero-order chi connectivity index (χ0) is 25.0. The number of carbonyl (C=O) groups excluding carboxylic acids is 2. The summed E-state index contributed by atoms with van der Waals surface area (Å²) in [6, 6.07) is 22.1. The molecule has 0 aliphatic heterocycles. The first-order valence-electron chi connectivity index (χ1n) is 12.2. The minimum absolute atomic E-state index is 0.170. The molecule has 0 aliphatic rings. The highest BCUT2D eigenvalue weighted by Crippen LogP contribution is 2.22. The quantitative estimate of drug-likeness (QED) is 0.222. The second kappa shape index (κ2) is 13.3. The van der Waals surface area contributed by atoms with E-state index >= 15 is 0 Å². The number of nitrogens with zero attached hydrogens (tertiary/aromatic N) is 1. The Kier molecular flexibility index (Phi) is 9.87. The smallest absolute Gasteiger partial charge is 0.255 e. The van der Waals surface area contributed by atoms with E-state index in [1.165, 1.54) is 0 Å². The van der Waals surface area contributed by atoms with Gasteiger partial charge in [-0.15, -0.1) is 0 Å². The molecule has 3 rings (SSSR count). The highest BCUT2D eigenvalue weighted by molar-refractivity contribution is 6.04. The third kappa shape index (κ3) is 7.97. The van der Waals surface area contributed by atoms with Gasteiger partial charge in [-0.1, -0.05) is 32.0 Å². The van der Waals surface area contributed by atoms with Crippen molar-refractivity contribution in [3.05, 3.63) is 83.9 Å². The van der Waals surface area contributed by atoms with Crippen LogP contribution in [0.1, 0.15) is 53.8 Å². The van der Waals surface area contributed by atoms with E-state index < -0.39 is 0 Å². The van der Waals surface area contributed by atoms with Gasteiger partial charge in [0, 0.05) is 34.6 Å². The van der Waals surface area contributed by atoms with Crippen LogP contribution in [0.25, 0.3) is 0 Å². The van der Waals surface area contributed by atoms with Crippen molar-refractivity contribution in [2.24, 2.45) is 0 Å². The minimum Gasteiger partial charge on any atom is -0.497 e. The maximum atomic E-state index is 12.6. The van der Waals surface area contributed by atoms with E-state index in [1.807, 2.05) is 48.5 Å². The van der Waals surface area contributed by atoms with Crippen molar-refractivity contribution in [1.29, 1.82) is 0 Å². The molecular weight excluding hydrogens is 438 g/mol. The van der Waals surface area contributed by atoms with Crippen LogP contribution in [-0.4, -0.2) is 43.3 Å². The normalized spacial score (nSPS) is 10.7. The van der Waals surface area contributed by atoms with Gasteiger partial charge in [0.15, 0.2) is 5.78 Å². The summed E-state index contributed by atoms with van der Waals surface area (Å²) < 4.78 is 5.18. The number of methoxy groups -OCH3 is 1. The van der Waals surface area contributed by atoms with Gasteiger partial charge in [-0.2, -0.15) is 0 Å². The predicted molar refractivity (Wildman–Crippen MR) is 143 cm³/mol. The van der Waals surface area contributed by atoms with Crippen molar-refractivity contribution < 1.29 is 14.3 Å². The Bertz CT molecular complexity index is 1110. The van der Waals surface area contributed by atoms with Gasteiger partial charge in [0.2, 0.25) is 0 Å². The highest BCUT2D eigenvalue weighted by atomic mass is 16.5. The van der Waals surface area contributed by atoms with E-state index in [0.29, 0.717) is 23.4 Å².